The lowest BCUT2D eigenvalue weighted by Crippen LogP contribution is -2.10. The van der Waals surface area contributed by atoms with E-state index in [-0.39, 0.29) is 0 Å². The molecule has 0 N–H and O–H groups in total. The number of aliphatic imine (C=N–C) groups is 4. The Morgan fingerprint density at radius 1 is 0.711 bits per heavy atom. The maximum atomic E-state index is 12.2. The van der Waals surface area contributed by atoms with Gasteiger partial charge in [0.05, 0.1) is 45.6 Å². The van der Waals surface area contributed by atoms with Crippen LogP contribution in [-0.4, -0.2) is 28.8 Å². The zero-order valence-electron chi connectivity index (χ0n) is 20.9. The number of nitrogens with zero attached hydrogens (tertiary/aromatic N) is 4. The normalized spacial score (nSPS) is 18.6. The van der Waals surface area contributed by atoms with Crippen molar-refractivity contribution >= 4 is 34.4 Å². The van der Waals surface area contributed by atoms with Crippen LogP contribution in [0.5, 0.6) is 5.75 Å². The molecule has 0 aliphatic carbocycles. The molecular formula is C32H24N4O2. The van der Waals surface area contributed by atoms with E-state index in [4.69, 9.17) is 19.7 Å². The van der Waals surface area contributed by atoms with Gasteiger partial charge in [-0.15, -0.1) is 0 Å². The molecule has 5 aliphatic rings. The Morgan fingerprint density at radius 2 is 1.26 bits per heavy atom. The van der Waals surface area contributed by atoms with E-state index < -0.39 is 5.97 Å². The van der Waals surface area contributed by atoms with Crippen LogP contribution in [0.1, 0.15) is 25.3 Å². The van der Waals surface area contributed by atoms with Crippen LogP contribution in [0.25, 0.3) is 5.57 Å². The third kappa shape index (κ3) is 4.97. The lowest BCUT2D eigenvalue weighted by Gasteiger charge is -2.08. The van der Waals surface area contributed by atoms with Crippen molar-refractivity contribution in [3.63, 3.8) is 0 Å². The summed E-state index contributed by atoms with van der Waals surface area (Å²) in [6, 6.07) is 7.43. The molecule has 1 aromatic rings. The highest BCUT2D eigenvalue weighted by molar-refractivity contribution is 6.19. The second-order valence-corrected chi connectivity index (χ2v) is 9.21. The predicted octanol–water partition coefficient (Wildman–Crippen LogP) is 6.37. The Labute approximate surface area is 221 Å². The Hall–Kier alpha value is -4.97. The lowest BCUT2D eigenvalue weighted by atomic mass is 10.0. The summed E-state index contributed by atoms with van der Waals surface area (Å²) in [5.41, 5.74) is 8.95. The van der Waals surface area contributed by atoms with Crippen LogP contribution in [0, 0.1) is 0 Å². The monoisotopic (exact) mass is 496 g/mol. The average molecular weight is 497 g/mol. The fourth-order valence-corrected chi connectivity index (χ4v) is 4.41. The first-order valence-electron chi connectivity index (χ1n) is 12.5. The zero-order chi connectivity index (χ0) is 26.1. The number of allylic oxidation sites excluding steroid dienone is 12. The van der Waals surface area contributed by atoms with Crippen molar-refractivity contribution in [1.29, 1.82) is 0 Å². The van der Waals surface area contributed by atoms with Crippen molar-refractivity contribution < 1.29 is 9.53 Å². The van der Waals surface area contributed by atoms with Crippen molar-refractivity contribution in [2.24, 2.45) is 20.0 Å². The van der Waals surface area contributed by atoms with Crippen molar-refractivity contribution in [2.45, 2.75) is 19.8 Å². The number of esters is 1. The maximum Gasteiger partial charge on any atom is 0.338 e. The third-order valence-corrected chi connectivity index (χ3v) is 6.26. The molecular weight excluding hydrogens is 472 g/mol. The topological polar surface area (TPSA) is 75.7 Å². The smallest absolute Gasteiger partial charge is 0.338 e. The Kier molecular flexibility index (Phi) is 6.06. The molecule has 0 radical (unpaired) electrons. The van der Waals surface area contributed by atoms with Gasteiger partial charge in [-0.3, -0.25) is 0 Å². The van der Waals surface area contributed by atoms with Gasteiger partial charge in [0.1, 0.15) is 5.75 Å². The minimum absolute atomic E-state index is 0.397. The average Bonchev–Trinajstić information content (AvgIpc) is 3.70. The van der Waals surface area contributed by atoms with Crippen molar-refractivity contribution in [1.82, 2.24) is 0 Å². The van der Waals surface area contributed by atoms with Gasteiger partial charge in [-0.1, -0.05) is 32.1 Å². The number of benzene rings is 1. The summed E-state index contributed by atoms with van der Waals surface area (Å²) < 4.78 is 5.49. The number of ether oxygens (including phenoxy) is 1. The van der Waals surface area contributed by atoms with E-state index in [9.17, 15) is 4.79 Å². The molecule has 5 aliphatic heterocycles. The molecule has 6 nitrogen and oxygen atoms in total. The van der Waals surface area contributed by atoms with Gasteiger partial charge < -0.3 is 4.74 Å². The van der Waals surface area contributed by atoms with Crippen LogP contribution in [0.2, 0.25) is 0 Å². The standard InChI is InChI=1S/C32H24N4O2/c1-3-4-20(2)32(37)38-29-13-5-21(6-14-29)30-18-28-17-26-10-9-24(34-26)15-22-7-8-23(33-22)16-25-11-12-27(35-25)19-31(30)36-28/h5-19H,2-4H2,1H3. The molecule has 0 saturated heterocycles. The summed E-state index contributed by atoms with van der Waals surface area (Å²) in [5, 5.41) is 0. The molecule has 0 fully saturated rings. The summed E-state index contributed by atoms with van der Waals surface area (Å²) in [5.74, 6) is 0.0800. The molecule has 0 unspecified atom stereocenters. The van der Waals surface area contributed by atoms with Crippen LogP contribution >= 0.6 is 0 Å². The van der Waals surface area contributed by atoms with Crippen molar-refractivity contribution in [3.05, 3.63) is 132 Å². The first-order chi connectivity index (χ1) is 18.5. The quantitative estimate of drug-likeness (QED) is 0.270. The zero-order valence-corrected chi connectivity index (χ0v) is 20.9. The van der Waals surface area contributed by atoms with E-state index >= 15 is 0 Å². The number of hydrogen-bond donors (Lipinski definition) is 0. The van der Waals surface area contributed by atoms with E-state index in [0.29, 0.717) is 17.7 Å². The second kappa shape index (κ2) is 9.82. The van der Waals surface area contributed by atoms with Gasteiger partial charge in [-0.25, -0.2) is 24.8 Å². The Bertz CT molecular complexity index is 1640. The SMILES string of the molecule is C=C(CCC)C(=O)Oc1ccc(C2=CC3=NC2=CC2=NC(=CC4=NC(=CC5=NC(=C3)C=C5)C=C4)C=C2)cc1. The number of hydrogen-bond acceptors (Lipinski definition) is 6. The van der Waals surface area contributed by atoms with Crippen LogP contribution in [-0.2, 0) is 4.79 Å². The molecule has 184 valence electrons. The minimum atomic E-state index is -0.397. The van der Waals surface area contributed by atoms with E-state index in [2.05, 4.69) is 11.6 Å². The Balaban J connectivity index is 1.35. The van der Waals surface area contributed by atoms with E-state index in [1.807, 2.05) is 85.9 Å². The molecule has 6 rings (SSSR count). The second-order valence-electron chi connectivity index (χ2n) is 9.21. The number of carbonyl (C=O) groups is 1. The van der Waals surface area contributed by atoms with Gasteiger partial charge >= 0.3 is 5.97 Å². The highest BCUT2D eigenvalue weighted by atomic mass is 16.5. The highest BCUT2D eigenvalue weighted by Crippen LogP contribution is 2.32. The summed E-state index contributed by atoms with van der Waals surface area (Å²) in [4.78, 5) is 31.2. The van der Waals surface area contributed by atoms with E-state index in [1.165, 1.54) is 0 Å². The van der Waals surface area contributed by atoms with E-state index in [1.54, 1.807) is 12.1 Å². The molecule has 6 heteroatoms. The fraction of sp³-hybridized carbons (Fsp3) is 0.0938. The highest BCUT2D eigenvalue weighted by Gasteiger charge is 2.19. The van der Waals surface area contributed by atoms with E-state index in [0.717, 1.165) is 63.2 Å². The largest absolute Gasteiger partial charge is 0.423 e. The molecule has 38 heavy (non-hydrogen) atoms. The van der Waals surface area contributed by atoms with Gasteiger partial charge in [-0.05, 0) is 91.0 Å². The van der Waals surface area contributed by atoms with Gasteiger partial charge in [0, 0.05) is 11.1 Å². The first-order valence-corrected chi connectivity index (χ1v) is 12.5. The summed E-state index contributed by atoms with van der Waals surface area (Å²) in [6.07, 6.45) is 23.2. The van der Waals surface area contributed by atoms with Crippen molar-refractivity contribution in [3.8, 4) is 5.75 Å². The van der Waals surface area contributed by atoms with Crippen molar-refractivity contribution in [2.75, 3.05) is 0 Å². The molecule has 0 spiro atoms. The van der Waals surface area contributed by atoms with Gasteiger partial charge in [0.2, 0.25) is 0 Å². The number of carbonyl (C=O) groups excluding carboxylic acids is 1. The lowest BCUT2D eigenvalue weighted by molar-refractivity contribution is -0.130. The summed E-state index contributed by atoms with van der Waals surface area (Å²) >= 11 is 0. The third-order valence-electron chi connectivity index (χ3n) is 6.26. The van der Waals surface area contributed by atoms with Gasteiger partial charge in [-0.2, -0.15) is 0 Å². The molecule has 0 aromatic heterocycles. The molecule has 8 bridgehead atoms. The van der Waals surface area contributed by atoms with Gasteiger partial charge in [0.25, 0.3) is 0 Å². The Morgan fingerprint density at radius 3 is 1.84 bits per heavy atom. The van der Waals surface area contributed by atoms with Crippen LogP contribution in [0.15, 0.2) is 146 Å². The predicted molar refractivity (Wildman–Crippen MR) is 154 cm³/mol. The summed E-state index contributed by atoms with van der Waals surface area (Å²) in [7, 11) is 0. The van der Waals surface area contributed by atoms with Crippen LogP contribution in [0.3, 0.4) is 0 Å². The molecule has 0 atom stereocenters. The van der Waals surface area contributed by atoms with Crippen LogP contribution < -0.4 is 4.74 Å². The fourth-order valence-electron chi connectivity index (χ4n) is 4.41. The molecule has 5 heterocycles. The van der Waals surface area contributed by atoms with Gasteiger partial charge in [0.15, 0.2) is 0 Å². The minimum Gasteiger partial charge on any atom is -0.423 e. The number of fused-ring (bicyclic) bond motifs is 4. The number of rotatable bonds is 5. The van der Waals surface area contributed by atoms with Crippen LogP contribution in [0.4, 0.5) is 0 Å². The molecule has 0 amide bonds. The maximum absolute atomic E-state index is 12.2. The summed E-state index contributed by atoms with van der Waals surface area (Å²) in [6.45, 7) is 5.81. The molecule has 0 saturated carbocycles. The first kappa shape index (κ1) is 23.4. The molecule has 1 aromatic carbocycles.